The summed E-state index contributed by atoms with van der Waals surface area (Å²) in [6.07, 6.45) is 6.98. The zero-order valence-corrected chi connectivity index (χ0v) is 9.46. The van der Waals surface area contributed by atoms with E-state index in [0.29, 0.717) is 4.91 Å². The Morgan fingerprint density at radius 1 is 1.56 bits per heavy atom. The zero-order chi connectivity index (χ0) is 11.1. The molecule has 2 heterocycles. The number of amides is 1. The van der Waals surface area contributed by atoms with Crippen molar-refractivity contribution in [2.24, 2.45) is 10.7 Å². The monoisotopic (exact) mass is 233 g/mol. The molecule has 82 valence electrons. The van der Waals surface area contributed by atoms with Crippen LogP contribution in [0.2, 0.25) is 0 Å². The molecule has 16 heavy (non-hydrogen) atoms. The molecule has 0 aromatic carbocycles. The molecule has 0 aromatic heterocycles. The second-order valence-electron chi connectivity index (χ2n) is 3.79. The number of primary amides is 1. The van der Waals surface area contributed by atoms with Gasteiger partial charge in [0.1, 0.15) is 4.91 Å². The van der Waals surface area contributed by atoms with Crippen LogP contribution in [0.3, 0.4) is 0 Å². The molecule has 3 aliphatic rings. The van der Waals surface area contributed by atoms with Crippen LogP contribution < -0.4 is 5.73 Å². The molecule has 0 bridgehead atoms. The summed E-state index contributed by atoms with van der Waals surface area (Å²) in [6.45, 7) is 1.76. The van der Waals surface area contributed by atoms with Crippen LogP contribution in [0.1, 0.15) is 6.42 Å². The van der Waals surface area contributed by atoms with Crippen LogP contribution in [0.25, 0.3) is 0 Å². The highest BCUT2D eigenvalue weighted by Crippen LogP contribution is 2.40. The Bertz CT molecular complexity index is 487. The lowest BCUT2D eigenvalue weighted by Gasteiger charge is -2.26. The predicted molar refractivity (Wildman–Crippen MR) is 64.7 cm³/mol. The van der Waals surface area contributed by atoms with Crippen LogP contribution in [0.5, 0.6) is 0 Å². The van der Waals surface area contributed by atoms with Crippen molar-refractivity contribution in [1.29, 1.82) is 0 Å². The molecule has 0 spiro atoms. The first-order chi connectivity index (χ1) is 7.77. The van der Waals surface area contributed by atoms with Crippen molar-refractivity contribution in [3.05, 3.63) is 34.4 Å². The first-order valence-electron chi connectivity index (χ1n) is 5.20. The Hall–Kier alpha value is -1.49. The maximum absolute atomic E-state index is 11.4. The van der Waals surface area contributed by atoms with Gasteiger partial charge in [0.15, 0.2) is 5.17 Å². The maximum Gasteiger partial charge on any atom is 0.257 e. The van der Waals surface area contributed by atoms with Gasteiger partial charge in [0.05, 0.1) is 5.70 Å². The average Bonchev–Trinajstić information content (AvgIpc) is 2.56. The molecule has 0 unspecified atom stereocenters. The number of thioether (sulfide) groups is 1. The molecular formula is C11H11N3OS. The number of rotatable bonds is 2. The van der Waals surface area contributed by atoms with Crippen LogP contribution in [-0.4, -0.2) is 29.1 Å². The number of aliphatic imine (C=N–C) groups is 1. The molecule has 5 heteroatoms. The molecule has 0 radical (unpaired) electrons. The number of nitrogens with two attached hydrogens (primary N) is 1. The summed E-state index contributed by atoms with van der Waals surface area (Å²) < 4.78 is 0. The Labute approximate surface area is 97.6 Å². The molecule has 0 saturated heterocycles. The number of hydrogen-bond donors (Lipinski definition) is 1. The summed E-state index contributed by atoms with van der Waals surface area (Å²) in [4.78, 5) is 18.6. The second-order valence-corrected chi connectivity index (χ2v) is 4.77. The van der Waals surface area contributed by atoms with Crippen molar-refractivity contribution in [3.63, 3.8) is 0 Å². The van der Waals surface area contributed by atoms with Gasteiger partial charge >= 0.3 is 0 Å². The summed E-state index contributed by atoms with van der Waals surface area (Å²) in [5.41, 5.74) is 7.43. The summed E-state index contributed by atoms with van der Waals surface area (Å²) in [5, 5.41) is 0.913. The van der Waals surface area contributed by atoms with E-state index in [4.69, 9.17) is 5.73 Å². The van der Waals surface area contributed by atoms with Crippen molar-refractivity contribution >= 4 is 22.8 Å². The molecule has 0 fully saturated rings. The third-order valence-electron chi connectivity index (χ3n) is 2.74. The van der Waals surface area contributed by atoms with E-state index < -0.39 is 0 Å². The summed E-state index contributed by atoms with van der Waals surface area (Å²) in [7, 11) is 0. The van der Waals surface area contributed by atoms with Crippen molar-refractivity contribution in [2.45, 2.75) is 6.42 Å². The number of allylic oxidation sites excluding steroid dienone is 3. The Morgan fingerprint density at radius 2 is 2.38 bits per heavy atom. The quantitative estimate of drug-likeness (QED) is 0.773. The molecule has 3 rings (SSSR count). The maximum atomic E-state index is 11.4. The molecule has 1 aliphatic carbocycles. The van der Waals surface area contributed by atoms with E-state index in [-0.39, 0.29) is 5.91 Å². The first kappa shape index (κ1) is 9.72. The third kappa shape index (κ3) is 1.31. The van der Waals surface area contributed by atoms with E-state index >= 15 is 0 Å². The van der Waals surface area contributed by atoms with Crippen LogP contribution in [0, 0.1) is 0 Å². The van der Waals surface area contributed by atoms with Gasteiger partial charge in [0.25, 0.3) is 5.91 Å². The lowest BCUT2D eigenvalue weighted by atomic mass is 10.0. The minimum Gasteiger partial charge on any atom is -0.365 e. The van der Waals surface area contributed by atoms with Gasteiger partial charge in [-0.3, -0.25) is 9.79 Å². The molecular weight excluding hydrogens is 222 g/mol. The lowest BCUT2D eigenvalue weighted by molar-refractivity contribution is -0.113. The number of amidine groups is 1. The molecule has 2 aliphatic heterocycles. The molecule has 0 saturated carbocycles. The van der Waals surface area contributed by atoms with Gasteiger partial charge < -0.3 is 10.6 Å². The topological polar surface area (TPSA) is 58.7 Å². The minimum atomic E-state index is -0.363. The van der Waals surface area contributed by atoms with Crippen LogP contribution in [-0.2, 0) is 4.79 Å². The smallest absolute Gasteiger partial charge is 0.257 e. The van der Waals surface area contributed by atoms with Gasteiger partial charge in [0.2, 0.25) is 0 Å². The fourth-order valence-corrected chi connectivity index (χ4v) is 3.00. The SMILES string of the molecule is NC(=O)C1=C(C2=CC=C2)N2CCCN=C2S1. The highest BCUT2D eigenvalue weighted by Gasteiger charge is 2.35. The molecule has 2 N–H and O–H groups in total. The van der Waals surface area contributed by atoms with Crippen molar-refractivity contribution in [2.75, 3.05) is 13.1 Å². The number of hydrogen-bond acceptors (Lipinski definition) is 4. The van der Waals surface area contributed by atoms with E-state index in [0.717, 1.165) is 35.9 Å². The van der Waals surface area contributed by atoms with E-state index in [1.165, 1.54) is 11.8 Å². The van der Waals surface area contributed by atoms with E-state index in [1.54, 1.807) is 0 Å². The predicted octanol–water partition coefficient (Wildman–Crippen LogP) is 0.988. The van der Waals surface area contributed by atoms with Crippen LogP contribution in [0.15, 0.2) is 39.4 Å². The average molecular weight is 233 g/mol. The largest absolute Gasteiger partial charge is 0.365 e. The standard InChI is InChI=1S/C11H11N3OS/c12-10(15)9-8(7-3-1-4-7)14-6-2-5-13-11(14)16-9/h1,3-4H,2,5-6H2,(H2,12,15). The molecule has 0 aromatic rings. The highest BCUT2D eigenvalue weighted by atomic mass is 32.2. The molecule has 1 amide bonds. The zero-order valence-electron chi connectivity index (χ0n) is 8.64. The lowest BCUT2D eigenvalue weighted by Crippen LogP contribution is -2.30. The normalized spacial score (nSPS) is 22.6. The summed E-state index contributed by atoms with van der Waals surface area (Å²) in [5.74, 6) is -0.363. The van der Waals surface area contributed by atoms with Gasteiger partial charge in [-0.15, -0.1) is 0 Å². The fourth-order valence-electron chi connectivity index (χ4n) is 1.95. The Morgan fingerprint density at radius 3 is 3.00 bits per heavy atom. The summed E-state index contributed by atoms with van der Waals surface area (Å²) >= 11 is 1.39. The van der Waals surface area contributed by atoms with E-state index in [9.17, 15) is 4.79 Å². The van der Waals surface area contributed by atoms with E-state index in [2.05, 4.69) is 9.89 Å². The van der Waals surface area contributed by atoms with Gasteiger partial charge in [-0.05, 0) is 23.8 Å². The number of nitrogens with zero attached hydrogens (tertiary/aromatic N) is 2. The second kappa shape index (κ2) is 3.52. The number of fused-ring (bicyclic) bond motifs is 1. The molecule has 0 atom stereocenters. The first-order valence-corrected chi connectivity index (χ1v) is 6.01. The third-order valence-corrected chi connectivity index (χ3v) is 3.88. The Kier molecular flexibility index (Phi) is 2.14. The van der Waals surface area contributed by atoms with Gasteiger partial charge in [0, 0.05) is 13.1 Å². The van der Waals surface area contributed by atoms with Gasteiger partial charge in [-0.1, -0.05) is 18.2 Å². The van der Waals surface area contributed by atoms with Crippen LogP contribution >= 0.6 is 11.8 Å². The van der Waals surface area contributed by atoms with Crippen molar-refractivity contribution in [3.8, 4) is 0 Å². The number of carbonyl (C=O) groups excluding carboxylic acids is 1. The number of carbonyl (C=O) groups is 1. The fraction of sp³-hybridized carbons (Fsp3) is 0.273. The van der Waals surface area contributed by atoms with Gasteiger partial charge in [-0.2, -0.15) is 0 Å². The van der Waals surface area contributed by atoms with E-state index in [1.807, 2.05) is 18.2 Å². The van der Waals surface area contributed by atoms with Crippen molar-refractivity contribution < 1.29 is 4.79 Å². The highest BCUT2D eigenvalue weighted by molar-refractivity contribution is 8.18. The van der Waals surface area contributed by atoms with Crippen LogP contribution in [0.4, 0.5) is 0 Å². The molecule has 4 nitrogen and oxygen atoms in total. The minimum absolute atomic E-state index is 0.363. The Balaban J connectivity index is 2.05. The van der Waals surface area contributed by atoms with Crippen molar-refractivity contribution in [1.82, 2.24) is 4.90 Å². The summed E-state index contributed by atoms with van der Waals surface area (Å²) in [6, 6.07) is 0. The van der Waals surface area contributed by atoms with Gasteiger partial charge in [-0.25, -0.2) is 0 Å².